The van der Waals surface area contributed by atoms with E-state index in [-0.39, 0.29) is 5.54 Å². The van der Waals surface area contributed by atoms with Gasteiger partial charge in [-0.3, -0.25) is 4.90 Å². The van der Waals surface area contributed by atoms with Crippen LogP contribution in [0.1, 0.15) is 52.4 Å². The molecule has 1 heterocycles. The molecular weight excluding hydrogens is 236 g/mol. The third-order valence-electron chi connectivity index (χ3n) is 5.36. The van der Waals surface area contributed by atoms with Gasteiger partial charge in [-0.05, 0) is 58.3 Å². The lowest BCUT2D eigenvalue weighted by molar-refractivity contribution is -0.0152. The topological polar surface area (TPSA) is 24.5 Å². The quantitative estimate of drug-likeness (QED) is 0.849. The van der Waals surface area contributed by atoms with Crippen molar-refractivity contribution >= 4 is 0 Å². The Kier molecular flexibility index (Phi) is 3.89. The fourth-order valence-corrected chi connectivity index (χ4v) is 4.08. The van der Waals surface area contributed by atoms with Gasteiger partial charge in [0.25, 0.3) is 0 Å². The SMILES string of the molecule is COC1CCCC(N2CC(C)(C)NCC2C2CC2)C1. The van der Waals surface area contributed by atoms with E-state index in [0.29, 0.717) is 6.10 Å². The minimum absolute atomic E-state index is 0.269. The number of ether oxygens (including phenoxy) is 1. The third kappa shape index (κ3) is 3.14. The average molecular weight is 266 g/mol. The van der Waals surface area contributed by atoms with Gasteiger partial charge in [0.15, 0.2) is 0 Å². The first-order chi connectivity index (χ1) is 9.09. The zero-order valence-corrected chi connectivity index (χ0v) is 12.8. The van der Waals surface area contributed by atoms with Crippen LogP contribution in [0.15, 0.2) is 0 Å². The second-order valence-electron chi connectivity index (χ2n) is 7.52. The largest absolute Gasteiger partial charge is 0.381 e. The Labute approximate surface area is 118 Å². The molecule has 19 heavy (non-hydrogen) atoms. The Morgan fingerprint density at radius 1 is 1.16 bits per heavy atom. The molecule has 0 amide bonds. The minimum Gasteiger partial charge on any atom is -0.381 e. The monoisotopic (exact) mass is 266 g/mol. The Morgan fingerprint density at radius 2 is 1.95 bits per heavy atom. The van der Waals surface area contributed by atoms with Gasteiger partial charge in [0.1, 0.15) is 0 Å². The van der Waals surface area contributed by atoms with Crippen LogP contribution in [0.25, 0.3) is 0 Å². The lowest BCUT2D eigenvalue weighted by Crippen LogP contribution is -2.65. The van der Waals surface area contributed by atoms with E-state index in [0.717, 1.165) is 18.0 Å². The highest BCUT2D eigenvalue weighted by molar-refractivity contribution is 5.01. The molecule has 3 unspecified atom stereocenters. The van der Waals surface area contributed by atoms with Gasteiger partial charge in [-0.25, -0.2) is 0 Å². The summed E-state index contributed by atoms with van der Waals surface area (Å²) < 4.78 is 5.63. The third-order valence-corrected chi connectivity index (χ3v) is 5.36. The smallest absolute Gasteiger partial charge is 0.0586 e. The summed E-state index contributed by atoms with van der Waals surface area (Å²) in [6, 6.07) is 1.54. The molecule has 3 rings (SSSR count). The Hall–Kier alpha value is -0.120. The van der Waals surface area contributed by atoms with Crippen LogP contribution in [0.4, 0.5) is 0 Å². The summed E-state index contributed by atoms with van der Waals surface area (Å²) in [5.41, 5.74) is 0.269. The number of piperazine rings is 1. The van der Waals surface area contributed by atoms with Crippen LogP contribution in [0.5, 0.6) is 0 Å². The van der Waals surface area contributed by atoms with E-state index in [1.165, 1.54) is 51.6 Å². The van der Waals surface area contributed by atoms with Gasteiger partial charge in [-0.15, -0.1) is 0 Å². The molecular formula is C16H30N2O. The molecule has 1 aliphatic heterocycles. The summed E-state index contributed by atoms with van der Waals surface area (Å²) in [6.07, 6.45) is 8.61. The van der Waals surface area contributed by atoms with Crippen LogP contribution < -0.4 is 5.32 Å². The molecule has 3 fully saturated rings. The van der Waals surface area contributed by atoms with E-state index in [1.807, 2.05) is 7.11 Å². The highest BCUT2D eigenvalue weighted by Crippen LogP contribution is 2.40. The van der Waals surface area contributed by atoms with E-state index in [4.69, 9.17) is 4.74 Å². The zero-order chi connectivity index (χ0) is 13.5. The van der Waals surface area contributed by atoms with Crippen LogP contribution in [0.2, 0.25) is 0 Å². The highest BCUT2D eigenvalue weighted by atomic mass is 16.5. The van der Waals surface area contributed by atoms with Crippen LogP contribution in [-0.2, 0) is 4.74 Å². The van der Waals surface area contributed by atoms with Crippen LogP contribution in [0, 0.1) is 5.92 Å². The maximum Gasteiger partial charge on any atom is 0.0586 e. The van der Waals surface area contributed by atoms with Gasteiger partial charge >= 0.3 is 0 Å². The number of hydrogen-bond acceptors (Lipinski definition) is 3. The second-order valence-corrected chi connectivity index (χ2v) is 7.52. The van der Waals surface area contributed by atoms with Gasteiger partial charge < -0.3 is 10.1 Å². The first-order valence-electron chi connectivity index (χ1n) is 8.12. The normalized spacial score (nSPS) is 40.3. The fourth-order valence-electron chi connectivity index (χ4n) is 4.08. The number of nitrogens with zero attached hydrogens (tertiary/aromatic N) is 1. The number of methoxy groups -OCH3 is 1. The number of rotatable bonds is 3. The molecule has 0 spiro atoms. The van der Waals surface area contributed by atoms with Crippen molar-refractivity contribution in [2.45, 2.75) is 76.1 Å². The van der Waals surface area contributed by atoms with Crippen molar-refractivity contribution in [2.75, 3.05) is 20.2 Å². The molecule has 0 radical (unpaired) electrons. The van der Waals surface area contributed by atoms with E-state index in [1.54, 1.807) is 0 Å². The minimum atomic E-state index is 0.269. The predicted molar refractivity (Wildman–Crippen MR) is 78.4 cm³/mol. The van der Waals surface area contributed by atoms with E-state index in [9.17, 15) is 0 Å². The lowest BCUT2D eigenvalue weighted by atomic mass is 9.87. The van der Waals surface area contributed by atoms with Crippen LogP contribution >= 0.6 is 0 Å². The molecule has 0 aromatic carbocycles. The molecule has 3 atom stereocenters. The summed E-state index contributed by atoms with van der Waals surface area (Å²) in [7, 11) is 1.88. The van der Waals surface area contributed by atoms with Crippen molar-refractivity contribution in [1.29, 1.82) is 0 Å². The maximum absolute atomic E-state index is 5.63. The van der Waals surface area contributed by atoms with Crippen molar-refractivity contribution < 1.29 is 4.74 Å². The average Bonchev–Trinajstić information content (AvgIpc) is 3.22. The molecule has 3 aliphatic rings. The van der Waals surface area contributed by atoms with Crippen molar-refractivity contribution in [1.82, 2.24) is 10.2 Å². The van der Waals surface area contributed by atoms with Crippen molar-refractivity contribution in [2.24, 2.45) is 5.92 Å². The molecule has 110 valence electrons. The van der Waals surface area contributed by atoms with Crippen molar-refractivity contribution in [3.05, 3.63) is 0 Å². The lowest BCUT2D eigenvalue weighted by Gasteiger charge is -2.50. The van der Waals surface area contributed by atoms with E-state index in [2.05, 4.69) is 24.1 Å². The first kappa shape index (κ1) is 13.8. The molecule has 0 aromatic rings. The number of nitrogens with one attached hydrogen (secondary N) is 1. The van der Waals surface area contributed by atoms with Gasteiger partial charge in [0, 0.05) is 37.8 Å². The highest BCUT2D eigenvalue weighted by Gasteiger charge is 2.44. The Bertz CT molecular complexity index is 314. The van der Waals surface area contributed by atoms with Crippen LogP contribution in [-0.4, -0.2) is 48.8 Å². The van der Waals surface area contributed by atoms with Gasteiger partial charge in [0.05, 0.1) is 6.10 Å². The molecule has 0 bridgehead atoms. The summed E-state index contributed by atoms with van der Waals surface area (Å²) in [6.45, 7) is 7.08. The Balaban J connectivity index is 1.70. The predicted octanol–water partition coefficient (Wildman–Crippen LogP) is 2.41. The Morgan fingerprint density at radius 3 is 2.63 bits per heavy atom. The van der Waals surface area contributed by atoms with Crippen molar-refractivity contribution in [3.63, 3.8) is 0 Å². The molecule has 1 N–H and O–H groups in total. The second kappa shape index (κ2) is 5.34. The van der Waals surface area contributed by atoms with Crippen molar-refractivity contribution in [3.8, 4) is 0 Å². The molecule has 2 aliphatic carbocycles. The summed E-state index contributed by atoms with van der Waals surface area (Å²) in [5.74, 6) is 0.964. The van der Waals surface area contributed by atoms with E-state index >= 15 is 0 Å². The standard InChI is InChI=1S/C16H30N2O/c1-16(2)11-18(15(10-17-16)12-7-8-12)13-5-4-6-14(9-13)19-3/h12-15,17H,4-11H2,1-3H3. The zero-order valence-electron chi connectivity index (χ0n) is 12.8. The van der Waals surface area contributed by atoms with E-state index < -0.39 is 0 Å². The van der Waals surface area contributed by atoms with Gasteiger partial charge in [-0.1, -0.05) is 0 Å². The van der Waals surface area contributed by atoms with Gasteiger partial charge in [0.2, 0.25) is 0 Å². The molecule has 3 heteroatoms. The summed E-state index contributed by atoms with van der Waals surface area (Å²) >= 11 is 0. The summed E-state index contributed by atoms with van der Waals surface area (Å²) in [4.78, 5) is 2.85. The summed E-state index contributed by atoms with van der Waals surface area (Å²) in [5, 5.41) is 3.75. The van der Waals surface area contributed by atoms with Crippen LogP contribution in [0.3, 0.4) is 0 Å². The molecule has 1 saturated heterocycles. The fraction of sp³-hybridized carbons (Fsp3) is 1.00. The van der Waals surface area contributed by atoms with Gasteiger partial charge in [-0.2, -0.15) is 0 Å². The first-order valence-corrected chi connectivity index (χ1v) is 8.12. The number of hydrogen-bond donors (Lipinski definition) is 1. The molecule has 0 aromatic heterocycles. The molecule has 3 nitrogen and oxygen atoms in total. The molecule has 2 saturated carbocycles. The maximum atomic E-state index is 5.63.